The maximum Gasteiger partial charge on any atom is 0.196 e. The molecule has 7 heteroatoms. The van der Waals surface area contributed by atoms with E-state index >= 15 is 0 Å². The molecule has 1 aromatic carbocycles. The molecule has 0 bridgehead atoms. The third-order valence-electron chi connectivity index (χ3n) is 6.12. The Labute approximate surface area is 163 Å². The average molecular weight is 388 g/mol. The number of phenols is 2. The predicted molar refractivity (Wildman–Crippen MR) is 106 cm³/mol. The molecule has 2 fully saturated rings. The van der Waals surface area contributed by atoms with Crippen LogP contribution in [-0.4, -0.2) is 64.5 Å². The zero-order valence-corrected chi connectivity index (χ0v) is 16.4. The van der Waals surface area contributed by atoms with Crippen LogP contribution in [0.25, 0.3) is 11.0 Å². The van der Waals surface area contributed by atoms with Gasteiger partial charge in [-0.2, -0.15) is 0 Å². The molecule has 3 N–H and O–H groups in total. The van der Waals surface area contributed by atoms with Crippen LogP contribution in [0, 0.1) is 6.92 Å². The molecule has 28 heavy (non-hydrogen) atoms. The SMILES string of the molecule is Cc1cc(=O)c2c(O)c(CN3CCCC3)c(O)c([C@H]3CCN(C)C[C@H]3O)c2o1. The number of phenolic OH excluding ortho intramolecular Hbond substituents is 2. The number of aromatic hydroxyl groups is 2. The van der Waals surface area contributed by atoms with Crippen LogP contribution in [0.5, 0.6) is 11.5 Å². The van der Waals surface area contributed by atoms with Crippen LogP contribution < -0.4 is 5.43 Å². The van der Waals surface area contributed by atoms with Crippen LogP contribution in [0.4, 0.5) is 0 Å². The molecule has 0 unspecified atom stereocenters. The van der Waals surface area contributed by atoms with Gasteiger partial charge in [-0.3, -0.25) is 9.69 Å². The van der Waals surface area contributed by atoms with E-state index in [-0.39, 0.29) is 33.8 Å². The standard InChI is InChI=1S/C21H28N2O5/c1-12-9-15(24)18-20(27)14(10-23-6-3-4-7-23)19(26)17(21(18)28-12)13-5-8-22(2)11-16(13)25/h9,13,16,25-27H,3-8,10-11H2,1-2H3/t13-,16+/m0/s1. The number of hydrogen-bond donors (Lipinski definition) is 3. The van der Waals surface area contributed by atoms with Gasteiger partial charge in [0.1, 0.15) is 28.2 Å². The number of likely N-dealkylation sites (N-methyl/N-ethyl adjacent to an activating group) is 1. The molecule has 0 amide bonds. The molecule has 2 aliphatic rings. The maximum absolute atomic E-state index is 12.7. The molecular formula is C21H28N2O5. The average Bonchev–Trinajstić information content (AvgIpc) is 3.13. The van der Waals surface area contributed by atoms with Crippen LogP contribution in [-0.2, 0) is 6.54 Å². The summed E-state index contributed by atoms with van der Waals surface area (Å²) in [6.45, 7) is 5.07. The molecule has 152 valence electrons. The minimum Gasteiger partial charge on any atom is -0.507 e. The van der Waals surface area contributed by atoms with Gasteiger partial charge in [-0.05, 0) is 52.9 Å². The Morgan fingerprint density at radius 3 is 2.57 bits per heavy atom. The molecule has 7 nitrogen and oxygen atoms in total. The van der Waals surface area contributed by atoms with Gasteiger partial charge >= 0.3 is 0 Å². The molecule has 3 heterocycles. The number of piperidine rings is 1. The van der Waals surface area contributed by atoms with E-state index < -0.39 is 6.10 Å². The lowest BCUT2D eigenvalue weighted by atomic mass is 9.84. The number of hydrogen-bond acceptors (Lipinski definition) is 7. The first kappa shape index (κ1) is 19.2. The van der Waals surface area contributed by atoms with Crippen molar-refractivity contribution in [1.82, 2.24) is 9.80 Å². The van der Waals surface area contributed by atoms with E-state index in [9.17, 15) is 20.1 Å². The summed E-state index contributed by atoms with van der Waals surface area (Å²) >= 11 is 0. The Bertz CT molecular complexity index is 948. The quantitative estimate of drug-likeness (QED) is 0.739. The largest absolute Gasteiger partial charge is 0.507 e. The zero-order chi connectivity index (χ0) is 20.0. The molecule has 2 saturated heterocycles. The lowest BCUT2D eigenvalue weighted by Gasteiger charge is -2.34. The van der Waals surface area contributed by atoms with E-state index in [1.54, 1.807) is 6.92 Å². The Morgan fingerprint density at radius 1 is 1.18 bits per heavy atom. The van der Waals surface area contributed by atoms with Gasteiger partial charge in [-0.15, -0.1) is 0 Å². The van der Waals surface area contributed by atoms with E-state index in [1.165, 1.54) is 6.07 Å². The van der Waals surface area contributed by atoms with Crippen molar-refractivity contribution in [1.29, 1.82) is 0 Å². The highest BCUT2D eigenvalue weighted by Crippen LogP contribution is 2.45. The number of aliphatic hydroxyl groups excluding tert-OH is 1. The molecule has 0 spiro atoms. The normalized spacial score (nSPS) is 24.2. The van der Waals surface area contributed by atoms with Crippen LogP contribution in [0.1, 0.15) is 42.1 Å². The highest BCUT2D eigenvalue weighted by Gasteiger charge is 2.35. The van der Waals surface area contributed by atoms with Gasteiger partial charge in [-0.25, -0.2) is 0 Å². The predicted octanol–water partition coefficient (Wildman–Crippen LogP) is 1.89. The Balaban J connectivity index is 1.94. The molecule has 0 radical (unpaired) electrons. The summed E-state index contributed by atoms with van der Waals surface area (Å²) in [5, 5.41) is 32.9. The van der Waals surface area contributed by atoms with E-state index in [4.69, 9.17) is 4.42 Å². The van der Waals surface area contributed by atoms with Crippen molar-refractivity contribution in [3.05, 3.63) is 33.2 Å². The van der Waals surface area contributed by atoms with Crippen molar-refractivity contribution in [2.75, 3.05) is 33.2 Å². The van der Waals surface area contributed by atoms with Crippen LogP contribution in [0.2, 0.25) is 0 Å². The molecule has 2 aromatic rings. The molecule has 2 atom stereocenters. The lowest BCUT2D eigenvalue weighted by molar-refractivity contribution is 0.0629. The summed E-state index contributed by atoms with van der Waals surface area (Å²) in [7, 11) is 1.94. The number of likely N-dealkylation sites (tertiary alicyclic amines) is 2. The van der Waals surface area contributed by atoms with E-state index in [2.05, 4.69) is 4.90 Å². The van der Waals surface area contributed by atoms with Gasteiger partial charge < -0.3 is 24.6 Å². The van der Waals surface area contributed by atoms with Crippen LogP contribution >= 0.6 is 0 Å². The van der Waals surface area contributed by atoms with Gasteiger partial charge in [0.05, 0.1) is 11.7 Å². The fourth-order valence-corrected chi connectivity index (χ4v) is 4.64. The monoisotopic (exact) mass is 388 g/mol. The van der Waals surface area contributed by atoms with Gasteiger partial charge in [0, 0.05) is 30.6 Å². The van der Waals surface area contributed by atoms with Gasteiger partial charge in [0.15, 0.2) is 5.43 Å². The van der Waals surface area contributed by atoms with Crippen molar-refractivity contribution in [3.63, 3.8) is 0 Å². The number of nitrogens with zero attached hydrogens (tertiary/aromatic N) is 2. The smallest absolute Gasteiger partial charge is 0.196 e. The first-order chi connectivity index (χ1) is 13.4. The molecule has 0 saturated carbocycles. The zero-order valence-electron chi connectivity index (χ0n) is 16.4. The van der Waals surface area contributed by atoms with Crippen molar-refractivity contribution in [2.45, 2.75) is 44.8 Å². The highest BCUT2D eigenvalue weighted by atomic mass is 16.3. The van der Waals surface area contributed by atoms with Gasteiger partial charge in [-0.1, -0.05) is 0 Å². The number of aliphatic hydroxyl groups is 1. The van der Waals surface area contributed by atoms with Crippen molar-refractivity contribution < 1.29 is 19.7 Å². The summed E-state index contributed by atoms with van der Waals surface area (Å²) < 4.78 is 5.83. The number of aryl methyl sites for hydroxylation is 1. The molecule has 4 rings (SSSR count). The van der Waals surface area contributed by atoms with Gasteiger partial charge in [0.25, 0.3) is 0 Å². The molecule has 1 aromatic heterocycles. The Hall–Kier alpha value is -2.09. The second-order valence-corrected chi connectivity index (χ2v) is 8.22. The number of rotatable bonds is 3. The summed E-state index contributed by atoms with van der Waals surface area (Å²) in [5.74, 6) is -0.215. The van der Waals surface area contributed by atoms with E-state index in [0.29, 0.717) is 36.4 Å². The van der Waals surface area contributed by atoms with Crippen molar-refractivity contribution in [3.8, 4) is 11.5 Å². The first-order valence-corrected chi connectivity index (χ1v) is 9.97. The lowest BCUT2D eigenvalue weighted by Crippen LogP contribution is -2.40. The topological polar surface area (TPSA) is 97.4 Å². The minimum absolute atomic E-state index is 0.0562. The van der Waals surface area contributed by atoms with Gasteiger partial charge in [0.2, 0.25) is 0 Å². The Morgan fingerprint density at radius 2 is 1.89 bits per heavy atom. The summed E-state index contributed by atoms with van der Waals surface area (Å²) in [6.07, 6.45) is 2.10. The summed E-state index contributed by atoms with van der Waals surface area (Å²) in [5.41, 5.74) is 0.663. The molecule has 2 aliphatic heterocycles. The van der Waals surface area contributed by atoms with Crippen LogP contribution in [0.15, 0.2) is 15.3 Å². The fraction of sp³-hybridized carbons (Fsp3) is 0.571. The summed E-state index contributed by atoms with van der Waals surface area (Å²) in [4.78, 5) is 16.9. The summed E-state index contributed by atoms with van der Waals surface area (Å²) in [6, 6.07) is 1.35. The first-order valence-electron chi connectivity index (χ1n) is 9.97. The second kappa shape index (κ2) is 7.39. The minimum atomic E-state index is -0.692. The number of benzene rings is 1. The highest BCUT2D eigenvalue weighted by molar-refractivity contribution is 5.90. The number of fused-ring (bicyclic) bond motifs is 1. The third kappa shape index (κ3) is 3.27. The Kier molecular flexibility index (Phi) is 5.07. The maximum atomic E-state index is 12.7. The van der Waals surface area contributed by atoms with Crippen molar-refractivity contribution in [2.24, 2.45) is 0 Å². The fourth-order valence-electron chi connectivity index (χ4n) is 4.64. The van der Waals surface area contributed by atoms with E-state index in [1.807, 2.05) is 11.9 Å². The third-order valence-corrected chi connectivity index (χ3v) is 6.12. The molecule has 0 aliphatic carbocycles. The van der Waals surface area contributed by atoms with Crippen molar-refractivity contribution >= 4 is 11.0 Å². The van der Waals surface area contributed by atoms with E-state index in [0.717, 1.165) is 32.5 Å². The second-order valence-electron chi connectivity index (χ2n) is 8.22. The molecular weight excluding hydrogens is 360 g/mol. The van der Waals surface area contributed by atoms with Crippen LogP contribution in [0.3, 0.4) is 0 Å². The number of β-amino-alcohol motifs (C(OH)–C–C–N with tert-alkyl or cyclic N) is 1.